The molecule has 0 heterocycles. The molecule has 0 aromatic rings. The Kier molecular flexibility index (Phi) is 13.3. The number of nitrogens with two attached hydrogens (primary N) is 1. The van der Waals surface area contributed by atoms with E-state index in [1.54, 1.807) is 0 Å². The van der Waals surface area contributed by atoms with Crippen molar-refractivity contribution in [2.75, 3.05) is 39.3 Å². The maximum absolute atomic E-state index is 14.2. The topological polar surface area (TPSA) is 146 Å². The number of aliphatic hydroxyl groups excluding tert-OH is 2. The predicted octanol–water partition coefficient (Wildman–Crippen LogP) is 4.24. The summed E-state index contributed by atoms with van der Waals surface area (Å²) in [5.74, 6) is 0.667. The van der Waals surface area contributed by atoms with Crippen molar-refractivity contribution >= 4 is 11.9 Å². The molecule has 272 valence electrons. The van der Waals surface area contributed by atoms with Crippen LogP contribution in [0.4, 0.5) is 0 Å². The van der Waals surface area contributed by atoms with Crippen LogP contribution < -0.4 is 21.7 Å². The van der Waals surface area contributed by atoms with Crippen molar-refractivity contribution in [2.45, 2.75) is 131 Å². The van der Waals surface area contributed by atoms with E-state index >= 15 is 0 Å². The van der Waals surface area contributed by atoms with E-state index in [9.17, 15) is 19.8 Å². The predicted molar refractivity (Wildman–Crippen MR) is 187 cm³/mol. The van der Waals surface area contributed by atoms with Gasteiger partial charge in [-0.3, -0.25) is 9.59 Å². The number of nitrogens with one attached hydrogen (secondary N) is 3. The first-order valence-corrected chi connectivity index (χ1v) is 19.1. The SMILES string of the molecule is CC(=O)O[C@H]1C[C@@]2(C)C(C[C@@H](O)C3[C@@]4(C)CC[C@@H](O)[C@@H](C)C4CC[C@@]32C)[C@@H]1[C@H](CCCC(C)C)C(=O)NCCNCCCNCCN. The van der Waals surface area contributed by atoms with Crippen LogP contribution in [0.3, 0.4) is 0 Å². The lowest BCUT2D eigenvalue weighted by Gasteiger charge is -2.69. The molecule has 12 atom stereocenters. The second-order valence-electron chi connectivity index (χ2n) is 17.1. The Hall–Kier alpha value is -1.26. The number of fused-ring (bicyclic) bond motifs is 5. The van der Waals surface area contributed by atoms with Crippen molar-refractivity contribution in [1.29, 1.82) is 0 Å². The van der Waals surface area contributed by atoms with Gasteiger partial charge in [0.2, 0.25) is 5.91 Å². The quantitative estimate of drug-likeness (QED) is 0.106. The molecule has 0 saturated heterocycles. The van der Waals surface area contributed by atoms with E-state index in [0.29, 0.717) is 37.9 Å². The first-order chi connectivity index (χ1) is 22.2. The Morgan fingerprint density at radius 2 is 1.60 bits per heavy atom. The third-order valence-electron chi connectivity index (χ3n) is 14.0. The van der Waals surface area contributed by atoms with Gasteiger partial charge in [-0.15, -0.1) is 0 Å². The fraction of sp³-hybridized carbons (Fsp3) is 0.947. The molecule has 7 N–H and O–H groups in total. The lowest BCUT2D eigenvalue weighted by Crippen LogP contribution is -2.66. The lowest BCUT2D eigenvalue weighted by molar-refractivity contribution is -0.239. The fourth-order valence-corrected chi connectivity index (χ4v) is 11.7. The highest BCUT2D eigenvalue weighted by molar-refractivity contribution is 5.79. The largest absolute Gasteiger partial charge is 0.462 e. The summed E-state index contributed by atoms with van der Waals surface area (Å²) in [7, 11) is 0. The third-order valence-corrected chi connectivity index (χ3v) is 14.0. The van der Waals surface area contributed by atoms with Crippen LogP contribution >= 0.6 is 0 Å². The van der Waals surface area contributed by atoms with Gasteiger partial charge in [0.05, 0.1) is 12.2 Å². The summed E-state index contributed by atoms with van der Waals surface area (Å²) in [6.45, 7) is 19.8. The monoisotopic (exact) mass is 663 g/mol. The molecule has 0 radical (unpaired) electrons. The van der Waals surface area contributed by atoms with Gasteiger partial charge >= 0.3 is 5.97 Å². The Morgan fingerprint density at radius 1 is 0.894 bits per heavy atom. The van der Waals surface area contributed by atoms with Gasteiger partial charge in [0.25, 0.3) is 0 Å². The van der Waals surface area contributed by atoms with Crippen LogP contribution in [0.25, 0.3) is 0 Å². The Labute approximate surface area is 285 Å². The summed E-state index contributed by atoms with van der Waals surface area (Å²) in [6, 6.07) is 0. The Balaban J connectivity index is 1.58. The molecule has 9 heteroatoms. The fourth-order valence-electron chi connectivity index (χ4n) is 11.7. The highest BCUT2D eigenvalue weighted by atomic mass is 16.5. The number of carbonyl (C=O) groups is 2. The molecule has 4 saturated carbocycles. The standard InChI is InChI=1S/C38H70N4O5/c1-24(2)10-8-11-27(35(46)42-21-20-41-18-9-17-40-19-16-39)33-29-22-31(45)34-36(5)14-13-30(44)25(3)28(36)12-15-37(34,6)38(29,7)23-32(33)47-26(4)43/h24-25,27-34,40-41,44-45H,8-23,39H2,1-7H3,(H,42,46)/t25-,27-,28?,29?,30+,31+,32-,33-,34?,36-,37-,38-/m0/s1. The lowest BCUT2D eigenvalue weighted by atomic mass is 9.36. The molecule has 0 aromatic heterocycles. The summed E-state index contributed by atoms with van der Waals surface area (Å²) < 4.78 is 6.20. The summed E-state index contributed by atoms with van der Waals surface area (Å²) in [6.07, 6.45) is 7.72. The Morgan fingerprint density at radius 3 is 2.26 bits per heavy atom. The Bertz CT molecular complexity index is 1040. The smallest absolute Gasteiger partial charge is 0.302 e. The van der Waals surface area contributed by atoms with E-state index < -0.39 is 6.10 Å². The van der Waals surface area contributed by atoms with Gasteiger partial charge in [-0.2, -0.15) is 0 Å². The zero-order valence-electron chi connectivity index (χ0n) is 30.8. The van der Waals surface area contributed by atoms with Gasteiger partial charge in [-0.1, -0.05) is 54.4 Å². The van der Waals surface area contributed by atoms with Crippen LogP contribution in [0, 0.1) is 57.7 Å². The molecule has 4 aliphatic rings. The molecule has 3 unspecified atom stereocenters. The van der Waals surface area contributed by atoms with Crippen LogP contribution in [0.1, 0.15) is 113 Å². The molecule has 1 amide bonds. The van der Waals surface area contributed by atoms with Crippen molar-refractivity contribution in [2.24, 2.45) is 63.4 Å². The van der Waals surface area contributed by atoms with Crippen molar-refractivity contribution in [3.63, 3.8) is 0 Å². The van der Waals surface area contributed by atoms with E-state index in [4.69, 9.17) is 10.5 Å². The van der Waals surface area contributed by atoms with Gasteiger partial charge in [-0.05, 0) is 110 Å². The first-order valence-electron chi connectivity index (χ1n) is 19.1. The van der Waals surface area contributed by atoms with E-state index in [2.05, 4.69) is 57.5 Å². The highest BCUT2D eigenvalue weighted by Gasteiger charge is 2.72. The third kappa shape index (κ3) is 7.90. The molecule has 9 nitrogen and oxygen atoms in total. The number of hydrogen-bond acceptors (Lipinski definition) is 8. The van der Waals surface area contributed by atoms with Crippen molar-refractivity contribution in [3.05, 3.63) is 0 Å². The van der Waals surface area contributed by atoms with Gasteiger partial charge in [0.15, 0.2) is 0 Å². The maximum Gasteiger partial charge on any atom is 0.302 e. The zero-order valence-corrected chi connectivity index (χ0v) is 30.8. The number of hydrogen-bond donors (Lipinski definition) is 6. The number of ether oxygens (including phenoxy) is 1. The normalized spacial score (nSPS) is 40.3. The number of amides is 1. The second kappa shape index (κ2) is 16.2. The summed E-state index contributed by atoms with van der Waals surface area (Å²) >= 11 is 0. The number of aliphatic hydroxyl groups is 2. The molecule has 4 fully saturated rings. The van der Waals surface area contributed by atoms with Crippen LogP contribution in [0.15, 0.2) is 0 Å². The van der Waals surface area contributed by atoms with Crippen molar-refractivity contribution in [3.8, 4) is 0 Å². The molecule has 0 aliphatic heterocycles. The van der Waals surface area contributed by atoms with Crippen LogP contribution in [-0.2, 0) is 14.3 Å². The van der Waals surface area contributed by atoms with E-state index in [0.717, 1.165) is 77.4 Å². The molecule has 0 bridgehead atoms. The molecule has 47 heavy (non-hydrogen) atoms. The molecule has 0 spiro atoms. The summed E-state index contributed by atoms with van der Waals surface area (Å²) in [5.41, 5.74) is 5.13. The van der Waals surface area contributed by atoms with Crippen molar-refractivity contribution in [1.82, 2.24) is 16.0 Å². The molecule has 4 rings (SSSR count). The first kappa shape index (κ1) is 38.5. The second-order valence-corrected chi connectivity index (χ2v) is 17.1. The summed E-state index contributed by atoms with van der Waals surface area (Å²) in [5, 5.41) is 33.1. The number of esters is 1. The molecule has 4 aliphatic carbocycles. The minimum atomic E-state index is -0.491. The van der Waals surface area contributed by atoms with Gasteiger partial charge in [0, 0.05) is 44.9 Å². The van der Waals surface area contributed by atoms with Crippen LogP contribution in [0.2, 0.25) is 0 Å². The van der Waals surface area contributed by atoms with Gasteiger partial charge in [-0.25, -0.2) is 0 Å². The zero-order chi connectivity index (χ0) is 34.6. The van der Waals surface area contributed by atoms with Gasteiger partial charge < -0.3 is 36.6 Å². The number of carbonyl (C=O) groups excluding carboxylic acids is 2. The van der Waals surface area contributed by atoms with E-state index in [1.165, 1.54) is 6.92 Å². The maximum atomic E-state index is 14.2. The molecular formula is C38H70N4O5. The van der Waals surface area contributed by atoms with E-state index in [1.807, 2.05) is 0 Å². The highest BCUT2D eigenvalue weighted by Crippen LogP contribution is 2.74. The molecule has 0 aromatic carbocycles. The van der Waals surface area contributed by atoms with Crippen LogP contribution in [-0.4, -0.2) is 79.7 Å². The van der Waals surface area contributed by atoms with Gasteiger partial charge in [0.1, 0.15) is 6.10 Å². The minimum absolute atomic E-state index is 0.0547. The minimum Gasteiger partial charge on any atom is -0.462 e. The molecular weight excluding hydrogens is 592 g/mol. The van der Waals surface area contributed by atoms with Crippen LogP contribution in [0.5, 0.6) is 0 Å². The average molecular weight is 663 g/mol. The average Bonchev–Trinajstić information content (AvgIpc) is 3.27. The van der Waals surface area contributed by atoms with E-state index in [-0.39, 0.29) is 69.9 Å². The summed E-state index contributed by atoms with van der Waals surface area (Å²) in [4.78, 5) is 26.8. The van der Waals surface area contributed by atoms with Crippen molar-refractivity contribution < 1.29 is 24.5 Å². The number of rotatable bonds is 16.